The Balaban J connectivity index is 1.24. The Morgan fingerprint density at radius 3 is 2.36 bits per heavy atom. The van der Waals surface area contributed by atoms with E-state index >= 15 is 0 Å². The predicted molar refractivity (Wildman–Crippen MR) is 154 cm³/mol. The molecule has 226 valence electrons. The summed E-state index contributed by atoms with van der Waals surface area (Å²) in [4.78, 5) is 46.1. The van der Waals surface area contributed by atoms with Crippen LogP contribution in [0.4, 0.5) is 0 Å². The lowest BCUT2D eigenvalue weighted by molar-refractivity contribution is -0.646. The van der Waals surface area contributed by atoms with E-state index in [2.05, 4.69) is 17.0 Å². The lowest BCUT2D eigenvalue weighted by atomic mass is 9.91. The number of hydrogen-bond donors (Lipinski definition) is 0. The van der Waals surface area contributed by atoms with E-state index in [0.717, 1.165) is 30.1 Å². The summed E-state index contributed by atoms with van der Waals surface area (Å²) in [5.41, 5.74) is 1.23. The highest BCUT2D eigenvalue weighted by Gasteiger charge is 2.55. The van der Waals surface area contributed by atoms with Crippen molar-refractivity contribution < 1.29 is 27.5 Å². The molecule has 1 aromatic carbocycles. The van der Waals surface area contributed by atoms with Gasteiger partial charge in [-0.1, -0.05) is 44.2 Å². The fraction of sp³-hybridized carbons (Fsp3) is 0.533. The summed E-state index contributed by atoms with van der Waals surface area (Å²) in [5, 5.41) is 11.8. The van der Waals surface area contributed by atoms with Crippen LogP contribution in [0.25, 0.3) is 0 Å². The number of nitrogens with zero attached hydrogens (tertiary/aromatic N) is 5. The number of rotatable bonds is 9. The molecule has 4 heterocycles. The molecule has 3 aliphatic rings. The monoisotopic (exact) mass is 597 g/mol. The number of carbonyl (C=O) groups is 3. The molecule has 3 atom stereocenters. The van der Waals surface area contributed by atoms with E-state index in [-0.39, 0.29) is 41.2 Å². The Bertz CT molecular complexity index is 1410. The van der Waals surface area contributed by atoms with Crippen molar-refractivity contribution in [1.29, 1.82) is 0 Å². The third kappa shape index (κ3) is 6.20. The average molecular weight is 598 g/mol. The summed E-state index contributed by atoms with van der Waals surface area (Å²) >= 11 is 0. The smallest absolute Gasteiger partial charge is 0.323 e. The number of Topliss-reactive ketones (excluding diaryl/α,β-unsaturated/α-hetero) is 1. The van der Waals surface area contributed by atoms with Crippen molar-refractivity contribution in [3.63, 3.8) is 0 Å². The number of likely N-dealkylation sites (tertiary alicyclic amines) is 1. The number of piperazine rings is 1. The molecule has 1 aromatic heterocycles. The highest BCUT2D eigenvalue weighted by atomic mass is 32.2. The van der Waals surface area contributed by atoms with Crippen LogP contribution < -0.4 is 4.73 Å². The van der Waals surface area contributed by atoms with E-state index in [1.54, 1.807) is 0 Å². The first kappa shape index (κ1) is 30.1. The first-order valence-electron chi connectivity index (χ1n) is 14.6. The van der Waals surface area contributed by atoms with E-state index in [1.807, 2.05) is 36.9 Å². The molecule has 11 nitrogen and oxygen atoms in total. The third-order valence-corrected chi connectivity index (χ3v) is 10.4. The number of carbonyl (C=O) groups excluding carboxylic acids is 3. The molecule has 3 unspecified atom stereocenters. The fourth-order valence-electron chi connectivity index (χ4n) is 6.49. The van der Waals surface area contributed by atoms with Gasteiger partial charge in [0, 0.05) is 63.7 Å². The normalized spacial score (nSPS) is 22.5. The Hall–Kier alpha value is -3.35. The minimum atomic E-state index is -4.24. The van der Waals surface area contributed by atoms with Gasteiger partial charge in [0.2, 0.25) is 11.8 Å². The van der Waals surface area contributed by atoms with Crippen molar-refractivity contribution in [2.24, 2.45) is 11.8 Å². The second-order valence-corrected chi connectivity index (χ2v) is 13.7. The second kappa shape index (κ2) is 12.5. The molecule has 5 rings (SSSR count). The Morgan fingerprint density at radius 2 is 1.69 bits per heavy atom. The van der Waals surface area contributed by atoms with Gasteiger partial charge in [-0.15, -0.1) is 0 Å². The molecule has 2 amide bonds. The van der Waals surface area contributed by atoms with Crippen LogP contribution in [0.2, 0.25) is 0 Å². The topological polar surface area (TPSA) is 125 Å². The van der Waals surface area contributed by atoms with Gasteiger partial charge in [-0.2, -0.15) is 9.04 Å². The van der Waals surface area contributed by atoms with Crippen molar-refractivity contribution >= 4 is 27.6 Å². The highest BCUT2D eigenvalue weighted by molar-refractivity contribution is 7.89. The van der Waals surface area contributed by atoms with Crippen LogP contribution >= 0.6 is 0 Å². The number of amides is 2. The molecule has 2 aromatic rings. The Labute approximate surface area is 247 Å². The van der Waals surface area contributed by atoms with Gasteiger partial charge in [0.05, 0.1) is 12.6 Å². The molecule has 0 aliphatic carbocycles. The average Bonchev–Trinajstić information content (AvgIpc) is 3.54. The van der Waals surface area contributed by atoms with Crippen molar-refractivity contribution in [3.8, 4) is 0 Å². The zero-order valence-corrected chi connectivity index (χ0v) is 25.0. The van der Waals surface area contributed by atoms with Crippen molar-refractivity contribution in [2.45, 2.75) is 56.8 Å². The minimum Gasteiger partial charge on any atom is -0.618 e. The van der Waals surface area contributed by atoms with Gasteiger partial charge in [0.1, 0.15) is 6.04 Å². The summed E-state index contributed by atoms with van der Waals surface area (Å²) in [7, 11) is -4.24. The number of ketones is 1. The summed E-state index contributed by atoms with van der Waals surface area (Å²) in [6, 6.07) is 12.7. The van der Waals surface area contributed by atoms with Gasteiger partial charge in [0.25, 0.3) is 0 Å². The van der Waals surface area contributed by atoms with Crippen molar-refractivity contribution in [3.05, 3.63) is 65.5 Å². The van der Waals surface area contributed by atoms with Crippen LogP contribution in [-0.4, -0.2) is 96.4 Å². The van der Waals surface area contributed by atoms with E-state index < -0.39 is 39.6 Å². The minimum absolute atomic E-state index is 0.0555. The highest BCUT2D eigenvalue weighted by Crippen LogP contribution is 2.35. The first-order valence-corrected chi connectivity index (χ1v) is 16.1. The zero-order chi connectivity index (χ0) is 30.0. The van der Waals surface area contributed by atoms with Gasteiger partial charge in [-0.05, 0) is 30.4 Å². The summed E-state index contributed by atoms with van der Waals surface area (Å²) in [6.45, 7) is 7.33. The Morgan fingerprint density at radius 1 is 1.00 bits per heavy atom. The maximum atomic E-state index is 13.9. The largest absolute Gasteiger partial charge is 0.618 e. The molecule has 12 heteroatoms. The number of benzene rings is 1. The fourth-order valence-corrected chi connectivity index (χ4v) is 8.14. The molecule has 0 spiro atoms. The molecule has 0 saturated carbocycles. The van der Waals surface area contributed by atoms with Gasteiger partial charge in [-0.25, -0.2) is 8.42 Å². The lowest BCUT2D eigenvalue weighted by Gasteiger charge is -2.36. The van der Waals surface area contributed by atoms with Gasteiger partial charge >= 0.3 is 15.0 Å². The number of aromatic nitrogens is 1. The van der Waals surface area contributed by atoms with E-state index in [0.29, 0.717) is 25.9 Å². The molecule has 0 radical (unpaired) electrons. The number of fused-ring (bicyclic) bond motifs is 1. The summed E-state index contributed by atoms with van der Waals surface area (Å²) in [6.07, 6.45) is 1.94. The molecule has 3 saturated heterocycles. The van der Waals surface area contributed by atoms with Crippen LogP contribution in [0.15, 0.2) is 59.8 Å². The van der Waals surface area contributed by atoms with Crippen molar-refractivity contribution in [2.75, 3.05) is 39.3 Å². The quantitative estimate of drug-likeness (QED) is 0.315. The molecular formula is C30H39N5O6S. The van der Waals surface area contributed by atoms with E-state index in [9.17, 15) is 28.0 Å². The summed E-state index contributed by atoms with van der Waals surface area (Å²) < 4.78 is 28.0. The standard InChI is InChI=1S/C30H39N5O6S/c1-22(2)18-24(19-27(37)32-16-14-31(15-17-32)20-23-8-4-3-5-9-23)30(38)33-13-11-25-29(33)26(36)21-35(25)42(40,41)28-10-6-7-12-34(28)39/h3-10,12,22,24-25,29H,11,13-21H2,1-2H3. The number of pyridine rings is 1. The molecule has 3 aliphatic heterocycles. The third-order valence-electron chi connectivity index (χ3n) is 8.52. The van der Waals surface area contributed by atoms with Crippen LogP contribution in [0, 0.1) is 17.0 Å². The van der Waals surface area contributed by atoms with Gasteiger partial charge < -0.3 is 15.0 Å². The zero-order valence-electron chi connectivity index (χ0n) is 24.2. The molecule has 0 bridgehead atoms. The van der Waals surface area contributed by atoms with Crippen molar-refractivity contribution in [1.82, 2.24) is 19.0 Å². The number of sulfonamides is 1. The number of hydrogen-bond acceptors (Lipinski definition) is 7. The molecule has 3 fully saturated rings. The summed E-state index contributed by atoms with van der Waals surface area (Å²) in [5.74, 6) is -1.18. The molecule has 42 heavy (non-hydrogen) atoms. The van der Waals surface area contributed by atoms with Gasteiger partial charge in [0.15, 0.2) is 12.0 Å². The second-order valence-electron chi connectivity index (χ2n) is 11.9. The molecule has 0 N–H and O–H groups in total. The predicted octanol–water partition coefficient (Wildman–Crippen LogP) is 1.26. The van der Waals surface area contributed by atoms with Gasteiger partial charge in [-0.3, -0.25) is 19.3 Å². The maximum Gasteiger partial charge on any atom is 0.323 e. The van der Waals surface area contributed by atoms with Crippen LogP contribution in [0.1, 0.15) is 38.7 Å². The van der Waals surface area contributed by atoms with Crippen LogP contribution in [0.3, 0.4) is 0 Å². The SMILES string of the molecule is CC(C)CC(CC(=O)N1CCN(Cc2ccccc2)CC1)C(=O)N1CCC2C1C(=O)CN2S(=O)(=O)c1cccc[n+]1[O-]. The Kier molecular flexibility index (Phi) is 8.95. The lowest BCUT2D eigenvalue weighted by Crippen LogP contribution is -2.50. The first-order chi connectivity index (χ1) is 20.1. The van der Waals surface area contributed by atoms with Crippen LogP contribution in [0.5, 0.6) is 0 Å². The van der Waals surface area contributed by atoms with Crippen LogP contribution in [-0.2, 0) is 31.0 Å². The van der Waals surface area contributed by atoms with E-state index in [1.165, 1.54) is 28.7 Å². The van der Waals surface area contributed by atoms with E-state index in [4.69, 9.17) is 0 Å². The molecular weight excluding hydrogens is 558 g/mol. The maximum absolute atomic E-state index is 13.9.